The van der Waals surface area contributed by atoms with E-state index in [0.717, 1.165) is 0 Å². The number of aliphatic hydroxyl groups excluding tert-OH is 1. The summed E-state index contributed by atoms with van der Waals surface area (Å²) in [5.74, 6) is -0.476. The molecule has 0 fully saturated rings. The third-order valence-electron chi connectivity index (χ3n) is 2.24. The first-order chi connectivity index (χ1) is 6.93. The first kappa shape index (κ1) is 14.3. The molecule has 1 atom stereocenters. The first-order valence-electron chi connectivity index (χ1n) is 5.01. The first-order valence-corrected chi connectivity index (χ1v) is 5.01. The number of hydrogen-bond donors (Lipinski definition) is 2. The number of methoxy groups -OCH3 is 1. The topological polar surface area (TPSA) is 81.8 Å². The zero-order valence-electron chi connectivity index (χ0n) is 9.66. The number of carbonyl (C=O) groups is 1. The van der Waals surface area contributed by atoms with Crippen molar-refractivity contribution in [3.8, 4) is 0 Å². The van der Waals surface area contributed by atoms with Gasteiger partial charge in [-0.1, -0.05) is 0 Å². The van der Waals surface area contributed by atoms with E-state index in [2.05, 4.69) is 0 Å². The second kappa shape index (κ2) is 6.76. The molecule has 0 aromatic heterocycles. The van der Waals surface area contributed by atoms with Gasteiger partial charge in [0.2, 0.25) is 0 Å². The largest absolute Gasteiger partial charge is 0.464 e. The summed E-state index contributed by atoms with van der Waals surface area (Å²) in [5.41, 5.74) is 5.14. The van der Waals surface area contributed by atoms with Crippen LogP contribution in [0.3, 0.4) is 0 Å². The van der Waals surface area contributed by atoms with Crippen LogP contribution < -0.4 is 5.73 Å². The van der Waals surface area contributed by atoms with Gasteiger partial charge in [-0.05, 0) is 20.3 Å². The van der Waals surface area contributed by atoms with Crippen molar-refractivity contribution in [2.75, 3.05) is 20.3 Å². The minimum absolute atomic E-state index is 0.111. The molecular weight excluding hydrogens is 198 g/mol. The van der Waals surface area contributed by atoms with E-state index in [4.69, 9.17) is 20.3 Å². The van der Waals surface area contributed by atoms with Gasteiger partial charge >= 0.3 is 5.97 Å². The number of rotatable bonds is 7. The molecule has 0 aliphatic heterocycles. The fourth-order valence-electron chi connectivity index (χ4n) is 0.863. The molecule has 5 nitrogen and oxygen atoms in total. The molecule has 0 rings (SSSR count). The SMILES string of the molecule is COC(C)(C)CCOC(=O)[C@@H](N)CCO. The van der Waals surface area contributed by atoms with Gasteiger partial charge < -0.3 is 20.3 Å². The Bertz CT molecular complexity index is 194. The van der Waals surface area contributed by atoms with Crippen molar-refractivity contribution in [2.45, 2.75) is 38.3 Å². The summed E-state index contributed by atoms with van der Waals surface area (Å²) < 4.78 is 10.1. The van der Waals surface area contributed by atoms with Gasteiger partial charge in [0.15, 0.2) is 0 Å². The Labute approximate surface area is 90.5 Å². The van der Waals surface area contributed by atoms with Crippen LogP contribution in [0.5, 0.6) is 0 Å². The van der Waals surface area contributed by atoms with Gasteiger partial charge in [0.1, 0.15) is 6.04 Å². The van der Waals surface area contributed by atoms with E-state index in [1.165, 1.54) is 0 Å². The summed E-state index contributed by atoms with van der Waals surface area (Å²) in [6.45, 7) is 3.99. The third-order valence-corrected chi connectivity index (χ3v) is 2.24. The standard InChI is InChI=1S/C10H21NO4/c1-10(2,14-3)5-7-15-9(13)8(11)4-6-12/h8,12H,4-7,11H2,1-3H3/t8-/m0/s1. The van der Waals surface area contributed by atoms with Gasteiger partial charge in [-0.25, -0.2) is 0 Å². The van der Waals surface area contributed by atoms with E-state index in [0.29, 0.717) is 6.42 Å². The molecule has 0 saturated carbocycles. The average molecular weight is 219 g/mol. The molecule has 0 radical (unpaired) electrons. The number of aliphatic hydroxyl groups is 1. The molecule has 0 aromatic carbocycles. The number of nitrogens with two attached hydrogens (primary N) is 1. The lowest BCUT2D eigenvalue weighted by Gasteiger charge is -2.22. The van der Waals surface area contributed by atoms with Crippen LogP contribution >= 0.6 is 0 Å². The molecular formula is C10H21NO4. The van der Waals surface area contributed by atoms with Crippen LogP contribution in [0, 0.1) is 0 Å². The molecule has 0 saturated heterocycles. The highest BCUT2D eigenvalue weighted by molar-refractivity contribution is 5.75. The molecule has 0 bridgehead atoms. The van der Waals surface area contributed by atoms with Crippen molar-refractivity contribution in [1.82, 2.24) is 0 Å². The highest BCUT2D eigenvalue weighted by Gasteiger charge is 2.19. The van der Waals surface area contributed by atoms with Gasteiger partial charge in [0, 0.05) is 20.1 Å². The minimum atomic E-state index is -0.736. The van der Waals surface area contributed by atoms with Crippen LogP contribution in [0.15, 0.2) is 0 Å². The Balaban J connectivity index is 3.72. The van der Waals surface area contributed by atoms with E-state index in [1.807, 2.05) is 13.8 Å². The van der Waals surface area contributed by atoms with Crippen molar-refractivity contribution in [2.24, 2.45) is 5.73 Å². The molecule has 90 valence electrons. The van der Waals surface area contributed by atoms with Crippen molar-refractivity contribution in [1.29, 1.82) is 0 Å². The molecule has 0 amide bonds. The van der Waals surface area contributed by atoms with Crippen LogP contribution in [0.2, 0.25) is 0 Å². The Morgan fingerprint density at radius 2 is 2.13 bits per heavy atom. The Morgan fingerprint density at radius 1 is 1.53 bits per heavy atom. The summed E-state index contributed by atoms with van der Waals surface area (Å²) in [6, 6.07) is -0.736. The smallest absolute Gasteiger partial charge is 0.322 e. The lowest BCUT2D eigenvalue weighted by molar-refractivity contribution is -0.147. The molecule has 0 aliphatic rings. The molecule has 0 aliphatic carbocycles. The highest BCUT2D eigenvalue weighted by Crippen LogP contribution is 2.12. The molecule has 15 heavy (non-hydrogen) atoms. The predicted molar refractivity (Wildman–Crippen MR) is 56.3 cm³/mol. The molecule has 0 heterocycles. The van der Waals surface area contributed by atoms with Gasteiger partial charge in [-0.2, -0.15) is 0 Å². The summed E-state index contributed by atoms with van der Waals surface area (Å²) in [7, 11) is 1.61. The summed E-state index contributed by atoms with van der Waals surface area (Å²) in [6.07, 6.45) is 0.841. The fourth-order valence-corrected chi connectivity index (χ4v) is 0.863. The lowest BCUT2D eigenvalue weighted by Crippen LogP contribution is -2.34. The van der Waals surface area contributed by atoms with E-state index < -0.39 is 12.0 Å². The van der Waals surface area contributed by atoms with Gasteiger partial charge in [-0.15, -0.1) is 0 Å². The highest BCUT2D eigenvalue weighted by atomic mass is 16.5. The van der Waals surface area contributed by atoms with Gasteiger partial charge in [-0.3, -0.25) is 4.79 Å². The number of esters is 1. The maximum atomic E-state index is 11.2. The summed E-state index contributed by atoms with van der Waals surface area (Å²) in [5, 5.41) is 8.57. The Morgan fingerprint density at radius 3 is 2.60 bits per heavy atom. The predicted octanol–water partition coefficient (Wildman–Crippen LogP) is 0.0544. The normalized spacial score (nSPS) is 13.7. The van der Waals surface area contributed by atoms with Crippen LogP contribution in [-0.2, 0) is 14.3 Å². The monoisotopic (exact) mass is 219 g/mol. The number of carbonyl (C=O) groups excluding carboxylic acids is 1. The minimum Gasteiger partial charge on any atom is -0.464 e. The maximum Gasteiger partial charge on any atom is 0.322 e. The molecule has 3 N–H and O–H groups in total. The van der Waals surface area contributed by atoms with Crippen LogP contribution in [0.1, 0.15) is 26.7 Å². The van der Waals surface area contributed by atoms with Crippen molar-refractivity contribution < 1.29 is 19.4 Å². The van der Waals surface area contributed by atoms with Crippen LogP contribution in [0.4, 0.5) is 0 Å². The molecule has 0 aromatic rings. The summed E-state index contributed by atoms with van der Waals surface area (Å²) >= 11 is 0. The van der Waals surface area contributed by atoms with E-state index in [9.17, 15) is 4.79 Å². The second-order valence-corrected chi connectivity index (χ2v) is 4.00. The lowest BCUT2D eigenvalue weighted by atomic mass is 10.1. The number of ether oxygens (including phenoxy) is 2. The third kappa shape index (κ3) is 6.43. The zero-order valence-corrected chi connectivity index (χ0v) is 9.66. The van der Waals surface area contributed by atoms with E-state index in [-0.39, 0.29) is 25.2 Å². The van der Waals surface area contributed by atoms with Gasteiger partial charge in [0.25, 0.3) is 0 Å². The Kier molecular flexibility index (Phi) is 6.47. The van der Waals surface area contributed by atoms with Crippen LogP contribution in [0.25, 0.3) is 0 Å². The van der Waals surface area contributed by atoms with Gasteiger partial charge in [0.05, 0.1) is 12.2 Å². The van der Waals surface area contributed by atoms with Crippen LogP contribution in [-0.4, -0.2) is 43.0 Å². The van der Waals surface area contributed by atoms with E-state index >= 15 is 0 Å². The summed E-state index contributed by atoms with van der Waals surface area (Å²) in [4.78, 5) is 11.2. The van der Waals surface area contributed by atoms with Crippen molar-refractivity contribution in [3.63, 3.8) is 0 Å². The quantitative estimate of drug-likeness (QED) is 0.591. The van der Waals surface area contributed by atoms with Crippen molar-refractivity contribution in [3.05, 3.63) is 0 Å². The Hall–Kier alpha value is -0.650. The molecule has 0 spiro atoms. The second-order valence-electron chi connectivity index (χ2n) is 4.00. The fraction of sp³-hybridized carbons (Fsp3) is 0.900. The molecule has 5 heteroatoms. The van der Waals surface area contributed by atoms with Crippen molar-refractivity contribution >= 4 is 5.97 Å². The molecule has 0 unspecified atom stereocenters. The average Bonchev–Trinajstić information content (AvgIpc) is 2.18. The van der Waals surface area contributed by atoms with E-state index in [1.54, 1.807) is 7.11 Å². The zero-order chi connectivity index (χ0) is 11.9. The number of hydrogen-bond acceptors (Lipinski definition) is 5. The maximum absolute atomic E-state index is 11.2.